The molecule has 0 atom stereocenters. The summed E-state index contributed by atoms with van der Waals surface area (Å²) in [6.45, 7) is 9.08. The van der Waals surface area contributed by atoms with Crippen LogP contribution in [0.15, 0.2) is 30.3 Å². The Morgan fingerprint density at radius 1 is 0.938 bits per heavy atom. The lowest BCUT2D eigenvalue weighted by Crippen LogP contribution is -2.30. The molecule has 0 aliphatic rings. The van der Waals surface area contributed by atoms with Gasteiger partial charge in [-0.1, -0.05) is 32.0 Å². The molecule has 0 bridgehead atoms. The van der Waals surface area contributed by atoms with Crippen LogP contribution in [0.25, 0.3) is 0 Å². The van der Waals surface area contributed by atoms with Crippen LogP contribution in [0.4, 0.5) is 5.69 Å². The first-order chi connectivity index (χ1) is 7.86. The Balaban J connectivity index is 2.22. The summed E-state index contributed by atoms with van der Waals surface area (Å²) in [6.07, 6.45) is 2.48. The van der Waals surface area contributed by atoms with Gasteiger partial charge in [0.15, 0.2) is 0 Å². The number of para-hydroxylation sites is 1. The van der Waals surface area contributed by atoms with E-state index in [1.165, 1.54) is 31.6 Å². The first-order valence-corrected chi connectivity index (χ1v) is 6.38. The molecule has 0 aliphatic carbocycles. The standard InChI is InChI=1S/C14H24N2/c1-3-11-16(12-4-2)13-10-15-14-8-6-5-7-9-14/h5-9,15H,3-4,10-13H2,1-2H3. The molecule has 0 aromatic heterocycles. The van der Waals surface area contributed by atoms with E-state index in [2.05, 4.69) is 48.3 Å². The van der Waals surface area contributed by atoms with E-state index in [0.29, 0.717) is 0 Å². The van der Waals surface area contributed by atoms with Crippen molar-refractivity contribution in [1.82, 2.24) is 4.90 Å². The molecule has 0 saturated carbocycles. The Hall–Kier alpha value is -1.02. The number of hydrogen-bond acceptors (Lipinski definition) is 2. The smallest absolute Gasteiger partial charge is 0.0340 e. The molecule has 1 rings (SSSR count). The highest BCUT2D eigenvalue weighted by Gasteiger charge is 2.01. The topological polar surface area (TPSA) is 15.3 Å². The molecule has 2 heteroatoms. The van der Waals surface area contributed by atoms with Crippen molar-refractivity contribution >= 4 is 5.69 Å². The van der Waals surface area contributed by atoms with Crippen LogP contribution in [-0.2, 0) is 0 Å². The van der Waals surface area contributed by atoms with Gasteiger partial charge < -0.3 is 10.2 Å². The molecule has 0 amide bonds. The minimum Gasteiger partial charge on any atom is -0.384 e. The maximum absolute atomic E-state index is 3.45. The van der Waals surface area contributed by atoms with Gasteiger partial charge in [0.1, 0.15) is 0 Å². The van der Waals surface area contributed by atoms with E-state index >= 15 is 0 Å². The van der Waals surface area contributed by atoms with Gasteiger partial charge in [-0.2, -0.15) is 0 Å². The molecule has 2 nitrogen and oxygen atoms in total. The van der Waals surface area contributed by atoms with Crippen LogP contribution in [0.2, 0.25) is 0 Å². The van der Waals surface area contributed by atoms with E-state index in [1.807, 2.05) is 6.07 Å². The van der Waals surface area contributed by atoms with Gasteiger partial charge in [-0.05, 0) is 38.1 Å². The van der Waals surface area contributed by atoms with Crippen LogP contribution >= 0.6 is 0 Å². The van der Waals surface area contributed by atoms with Crippen LogP contribution < -0.4 is 5.32 Å². The van der Waals surface area contributed by atoms with E-state index in [-0.39, 0.29) is 0 Å². The van der Waals surface area contributed by atoms with E-state index in [1.54, 1.807) is 0 Å². The third-order valence-corrected chi connectivity index (χ3v) is 2.61. The summed E-state index contributed by atoms with van der Waals surface area (Å²) in [5.41, 5.74) is 1.22. The summed E-state index contributed by atoms with van der Waals surface area (Å²) in [7, 11) is 0. The maximum Gasteiger partial charge on any atom is 0.0340 e. The lowest BCUT2D eigenvalue weighted by molar-refractivity contribution is 0.285. The molecular weight excluding hydrogens is 196 g/mol. The summed E-state index contributed by atoms with van der Waals surface area (Å²) in [4.78, 5) is 2.52. The monoisotopic (exact) mass is 220 g/mol. The Labute approximate surface area is 99.7 Å². The average Bonchev–Trinajstić information content (AvgIpc) is 2.31. The number of nitrogens with one attached hydrogen (secondary N) is 1. The molecule has 0 saturated heterocycles. The lowest BCUT2D eigenvalue weighted by Gasteiger charge is -2.21. The quantitative estimate of drug-likeness (QED) is 0.723. The van der Waals surface area contributed by atoms with E-state index in [9.17, 15) is 0 Å². The second-order valence-electron chi connectivity index (χ2n) is 4.13. The van der Waals surface area contributed by atoms with Crippen molar-refractivity contribution in [2.45, 2.75) is 26.7 Å². The van der Waals surface area contributed by atoms with Crippen molar-refractivity contribution in [2.24, 2.45) is 0 Å². The third-order valence-electron chi connectivity index (χ3n) is 2.61. The highest BCUT2D eigenvalue weighted by Crippen LogP contribution is 2.04. The third kappa shape index (κ3) is 5.17. The predicted molar refractivity (Wildman–Crippen MR) is 72.0 cm³/mol. The summed E-state index contributed by atoms with van der Waals surface area (Å²) < 4.78 is 0. The lowest BCUT2D eigenvalue weighted by atomic mass is 10.3. The molecular formula is C14H24N2. The summed E-state index contributed by atoms with van der Waals surface area (Å²) in [5, 5.41) is 3.45. The zero-order chi connectivity index (χ0) is 11.6. The second-order valence-corrected chi connectivity index (χ2v) is 4.13. The van der Waals surface area contributed by atoms with Crippen LogP contribution in [0.1, 0.15) is 26.7 Å². The molecule has 0 spiro atoms. The molecule has 0 aliphatic heterocycles. The van der Waals surface area contributed by atoms with Crippen LogP contribution in [0, 0.1) is 0 Å². The Bertz CT molecular complexity index is 253. The van der Waals surface area contributed by atoms with Gasteiger partial charge in [-0.15, -0.1) is 0 Å². The fourth-order valence-corrected chi connectivity index (χ4v) is 1.88. The van der Waals surface area contributed by atoms with Crippen molar-refractivity contribution in [2.75, 3.05) is 31.5 Å². The molecule has 1 N–H and O–H groups in total. The van der Waals surface area contributed by atoms with Crippen molar-refractivity contribution < 1.29 is 0 Å². The summed E-state index contributed by atoms with van der Waals surface area (Å²) >= 11 is 0. The van der Waals surface area contributed by atoms with Crippen LogP contribution in [0.5, 0.6) is 0 Å². The normalized spacial score (nSPS) is 10.7. The molecule has 16 heavy (non-hydrogen) atoms. The molecule has 0 unspecified atom stereocenters. The molecule has 90 valence electrons. The fraction of sp³-hybridized carbons (Fsp3) is 0.571. The fourth-order valence-electron chi connectivity index (χ4n) is 1.88. The molecule has 0 fully saturated rings. The second kappa shape index (κ2) is 8.17. The number of rotatable bonds is 8. The zero-order valence-electron chi connectivity index (χ0n) is 10.6. The van der Waals surface area contributed by atoms with Crippen molar-refractivity contribution in [3.63, 3.8) is 0 Å². The highest BCUT2D eigenvalue weighted by atomic mass is 15.1. The minimum absolute atomic E-state index is 1.03. The van der Waals surface area contributed by atoms with Crippen LogP contribution in [0.3, 0.4) is 0 Å². The summed E-state index contributed by atoms with van der Waals surface area (Å²) in [6, 6.07) is 10.4. The largest absolute Gasteiger partial charge is 0.384 e. The van der Waals surface area contributed by atoms with E-state index < -0.39 is 0 Å². The Morgan fingerprint density at radius 3 is 2.12 bits per heavy atom. The zero-order valence-corrected chi connectivity index (χ0v) is 10.6. The van der Waals surface area contributed by atoms with Crippen molar-refractivity contribution in [1.29, 1.82) is 0 Å². The summed E-state index contributed by atoms with van der Waals surface area (Å²) in [5.74, 6) is 0. The molecule has 1 aromatic carbocycles. The van der Waals surface area contributed by atoms with Gasteiger partial charge in [0.2, 0.25) is 0 Å². The number of benzene rings is 1. The van der Waals surface area contributed by atoms with E-state index in [0.717, 1.165) is 13.1 Å². The van der Waals surface area contributed by atoms with Gasteiger partial charge in [-0.25, -0.2) is 0 Å². The maximum atomic E-state index is 3.45. The predicted octanol–water partition coefficient (Wildman–Crippen LogP) is 3.22. The first-order valence-electron chi connectivity index (χ1n) is 6.38. The highest BCUT2D eigenvalue weighted by molar-refractivity contribution is 5.42. The minimum atomic E-state index is 1.03. The van der Waals surface area contributed by atoms with Gasteiger partial charge in [0.05, 0.1) is 0 Å². The number of anilines is 1. The first kappa shape index (κ1) is 13.0. The van der Waals surface area contributed by atoms with Crippen molar-refractivity contribution in [3.05, 3.63) is 30.3 Å². The number of hydrogen-bond donors (Lipinski definition) is 1. The molecule has 0 radical (unpaired) electrons. The average molecular weight is 220 g/mol. The van der Waals surface area contributed by atoms with Gasteiger partial charge in [0, 0.05) is 18.8 Å². The number of nitrogens with zero attached hydrogens (tertiary/aromatic N) is 1. The SMILES string of the molecule is CCCN(CCC)CCNc1ccccc1. The molecule has 1 aromatic rings. The van der Waals surface area contributed by atoms with E-state index in [4.69, 9.17) is 0 Å². The van der Waals surface area contributed by atoms with Gasteiger partial charge in [-0.3, -0.25) is 0 Å². The Morgan fingerprint density at radius 2 is 1.56 bits per heavy atom. The van der Waals surface area contributed by atoms with Crippen LogP contribution in [-0.4, -0.2) is 31.1 Å². The Kier molecular flexibility index (Phi) is 6.66. The van der Waals surface area contributed by atoms with Gasteiger partial charge in [0.25, 0.3) is 0 Å². The van der Waals surface area contributed by atoms with Gasteiger partial charge >= 0.3 is 0 Å². The molecule has 0 heterocycles. The van der Waals surface area contributed by atoms with Crippen molar-refractivity contribution in [3.8, 4) is 0 Å².